The molecular weight excluding hydrogens is 376 g/mol. The second kappa shape index (κ2) is 12.7. The highest BCUT2D eigenvalue weighted by molar-refractivity contribution is 5.80. The van der Waals surface area contributed by atoms with Crippen molar-refractivity contribution in [1.29, 1.82) is 0 Å². The first-order chi connectivity index (χ1) is 14.6. The van der Waals surface area contributed by atoms with Crippen LogP contribution in [0.4, 0.5) is 0 Å². The minimum Gasteiger partial charge on any atom is -0.389 e. The molecule has 3 rings (SSSR count). The summed E-state index contributed by atoms with van der Waals surface area (Å²) >= 11 is 0. The maximum atomic E-state index is 13.1. The van der Waals surface area contributed by atoms with Crippen molar-refractivity contribution in [3.8, 4) is 0 Å². The van der Waals surface area contributed by atoms with E-state index in [0.717, 1.165) is 51.4 Å². The number of nitrogens with one attached hydrogen (secondary N) is 1. The average molecular weight is 421 g/mol. The number of likely N-dealkylation sites (tertiary alicyclic amines) is 1. The van der Waals surface area contributed by atoms with Crippen molar-refractivity contribution < 1.29 is 14.7 Å². The molecule has 1 aliphatic heterocycles. The van der Waals surface area contributed by atoms with Crippen LogP contribution in [0.25, 0.3) is 0 Å². The number of piperidine rings is 1. The average Bonchev–Trinajstić information content (AvgIpc) is 2.97. The van der Waals surface area contributed by atoms with Crippen LogP contribution in [0, 0.1) is 11.8 Å². The van der Waals surface area contributed by atoms with Gasteiger partial charge in [-0.2, -0.15) is 0 Å². The van der Waals surface area contributed by atoms with Crippen LogP contribution in [0.15, 0.2) is 0 Å². The van der Waals surface area contributed by atoms with Crippen LogP contribution in [0.5, 0.6) is 0 Å². The minimum atomic E-state index is -0.653. The molecule has 2 N–H and O–H groups in total. The second-order valence-electron chi connectivity index (χ2n) is 10.0. The summed E-state index contributed by atoms with van der Waals surface area (Å²) in [6.07, 6.45) is 18.6. The third kappa shape index (κ3) is 7.25. The van der Waals surface area contributed by atoms with Gasteiger partial charge in [0, 0.05) is 24.9 Å². The summed E-state index contributed by atoms with van der Waals surface area (Å²) in [4.78, 5) is 27.8. The van der Waals surface area contributed by atoms with Gasteiger partial charge in [0.1, 0.15) is 0 Å². The lowest BCUT2D eigenvalue weighted by Crippen LogP contribution is -2.56. The second-order valence-corrected chi connectivity index (χ2v) is 10.0. The molecule has 2 atom stereocenters. The van der Waals surface area contributed by atoms with Crippen molar-refractivity contribution in [2.45, 2.75) is 121 Å². The number of hydrogen-bond donors (Lipinski definition) is 2. The van der Waals surface area contributed by atoms with E-state index in [0.29, 0.717) is 19.5 Å². The fourth-order valence-electron chi connectivity index (χ4n) is 5.63. The first-order valence-electron chi connectivity index (χ1n) is 12.9. The van der Waals surface area contributed by atoms with Crippen molar-refractivity contribution >= 4 is 11.8 Å². The quantitative estimate of drug-likeness (QED) is 0.703. The van der Waals surface area contributed by atoms with E-state index in [2.05, 4.69) is 5.32 Å². The van der Waals surface area contributed by atoms with Crippen molar-refractivity contribution in [1.82, 2.24) is 10.2 Å². The Hall–Kier alpha value is -1.10. The van der Waals surface area contributed by atoms with Crippen LogP contribution < -0.4 is 5.32 Å². The molecule has 0 aromatic heterocycles. The standard InChI is InChI=1S/C25H44N2O3/c28-23-19-27(25(30)21-15-11-7-3-4-8-12-16-21)18-17-22(23)26-24(29)20-13-9-5-1-2-6-10-14-20/h20-23,28H,1-19H2,(H,26,29). The van der Waals surface area contributed by atoms with Gasteiger partial charge < -0.3 is 15.3 Å². The fourth-order valence-corrected chi connectivity index (χ4v) is 5.63. The first-order valence-corrected chi connectivity index (χ1v) is 12.9. The maximum absolute atomic E-state index is 13.1. The molecule has 30 heavy (non-hydrogen) atoms. The van der Waals surface area contributed by atoms with E-state index in [9.17, 15) is 14.7 Å². The molecule has 0 bridgehead atoms. The molecule has 2 unspecified atom stereocenters. The van der Waals surface area contributed by atoms with Crippen LogP contribution in [0.2, 0.25) is 0 Å². The molecule has 0 spiro atoms. The van der Waals surface area contributed by atoms with E-state index >= 15 is 0 Å². The van der Waals surface area contributed by atoms with Gasteiger partial charge in [0.25, 0.3) is 0 Å². The SMILES string of the molecule is O=C(NC1CCN(C(=O)C2CCCCCCCC2)CC1O)C1CCCCCCCC1. The van der Waals surface area contributed by atoms with Crippen LogP contribution in [0.3, 0.4) is 0 Å². The highest BCUT2D eigenvalue weighted by atomic mass is 16.3. The molecule has 0 radical (unpaired) electrons. The van der Waals surface area contributed by atoms with E-state index < -0.39 is 6.10 Å². The smallest absolute Gasteiger partial charge is 0.225 e. The van der Waals surface area contributed by atoms with Gasteiger partial charge in [-0.05, 0) is 32.1 Å². The van der Waals surface area contributed by atoms with Gasteiger partial charge in [-0.25, -0.2) is 0 Å². The number of aliphatic hydroxyl groups is 1. The molecule has 172 valence electrons. The van der Waals surface area contributed by atoms with Crippen LogP contribution >= 0.6 is 0 Å². The zero-order valence-corrected chi connectivity index (χ0v) is 19.0. The molecule has 0 aromatic carbocycles. The summed E-state index contributed by atoms with van der Waals surface area (Å²) in [5, 5.41) is 13.9. The Bertz CT molecular complexity index is 518. The largest absolute Gasteiger partial charge is 0.389 e. The Morgan fingerprint density at radius 2 is 1.13 bits per heavy atom. The number of β-amino-alcohol motifs (C(OH)–C–C–N with tert-alkyl or cyclic N) is 1. The number of carbonyl (C=O) groups is 2. The van der Waals surface area contributed by atoms with Gasteiger partial charge in [0.2, 0.25) is 11.8 Å². The molecule has 3 fully saturated rings. The first kappa shape index (κ1) is 23.6. The minimum absolute atomic E-state index is 0.0915. The van der Waals surface area contributed by atoms with E-state index in [-0.39, 0.29) is 29.7 Å². The number of carbonyl (C=O) groups excluding carboxylic acids is 2. The highest BCUT2D eigenvalue weighted by Gasteiger charge is 2.34. The van der Waals surface area contributed by atoms with Gasteiger partial charge in [-0.3, -0.25) is 9.59 Å². The van der Waals surface area contributed by atoms with Crippen molar-refractivity contribution in [2.75, 3.05) is 13.1 Å². The van der Waals surface area contributed by atoms with Gasteiger partial charge in [0.05, 0.1) is 12.1 Å². The topological polar surface area (TPSA) is 69.6 Å². The monoisotopic (exact) mass is 420 g/mol. The van der Waals surface area contributed by atoms with Crippen LogP contribution in [-0.4, -0.2) is 47.1 Å². The number of hydrogen-bond acceptors (Lipinski definition) is 3. The lowest BCUT2D eigenvalue weighted by molar-refractivity contribution is -0.140. The molecule has 5 heteroatoms. The summed E-state index contributed by atoms with van der Waals surface area (Å²) in [7, 11) is 0. The van der Waals surface area contributed by atoms with Gasteiger partial charge in [0.15, 0.2) is 0 Å². The van der Waals surface area contributed by atoms with E-state index in [1.54, 1.807) is 0 Å². The fraction of sp³-hybridized carbons (Fsp3) is 0.920. The number of nitrogens with zero attached hydrogens (tertiary/aromatic N) is 1. The Morgan fingerprint density at radius 3 is 1.63 bits per heavy atom. The zero-order valence-electron chi connectivity index (χ0n) is 19.0. The molecule has 2 aliphatic carbocycles. The Labute approximate surface area is 183 Å². The van der Waals surface area contributed by atoms with Gasteiger partial charge >= 0.3 is 0 Å². The summed E-state index contributed by atoms with van der Waals surface area (Å²) in [6.45, 7) is 1.02. The number of aliphatic hydroxyl groups excluding tert-OH is 1. The highest BCUT2D eigenvalue weighted by Crippen LogP contribution is 2.26. The predicted octanol–water partition coefficient (Wildman–Crippen LogP) is 4.57. The maximum Gasteiger partial charge on any atom is 0.225 e. The molecule has 3 aliphatic rings. The third-order valence-corrected chi connectivity index (χ3v) is 7.65. The summed E-state index contributed by atoms with van der Waals surface area (Å²) in [5.41, 5.74) is 0. The number of rotatable bonds is 3. The Kier molecular flexibility index (Phi) is 9.96. The lowest BCUT2D eigenvalue weighted by Gasteiger charge is -2.38. The van der Waals surface area contributed by atoms with Crippen molar-refractivity contribution in [3.63, 3.8) is 0 Å². The normalized spacial score (nSPS) is 28.9. The molecule has 2 saturated carbocycles. The molecule has 0 aromatic rings. The van der Waals surface area contributed by atoms with E-state index in [1.165, 1.54) is 51.4 Å². The van der Waals surface area contributed by atoms with Crippen molar-refractivity contribution in [2.24, 2.45) is 11.8 Å². The van der Waals surface area contributed by atoms with E-state index in [4.69, 9.17) is 0 Å². The third-order valence-electron chi connectivity index (χ3n) is 7.65. The van der Waals surface area contributed by atoms with Crippen LogP contribution in [0.1, 0.15) is 109 Å². The van der Waals surface area contributed by atoms with Gasteiger partial charge in [-0.15, -0.1) is 0 Å². The summed E-state index contributed by atoms with van der Waals surface area (Å²) in [5.74, 6) is 0.572. The summed E-state index contributed by atoms with van der Waals surface area (Å²) < 4.78 is 0. The van der Waals surface area contributed by atoms with Gasteiger partial charge in [-0.1, -0.05) is 77.0 Å². The molecule has 1 heterocycles. The Balaban J connectivity index is 1.47. The molecule has 2 amide bonds. The molecular formula is C25H44N2O3. The molecule has 5 nitrogen and oxygen atoms in total. The van der Waals surface area contributed by atoms with E-state index in [1.807, 2.05) is 4.90 Å². The summed E-state index contributed by atoms with van der Waals surface area (Å²) in [6, 6.07) is -0.213. The number of amides is 2. The van der Waals surface area contributed by atoms with Crippen LogP contribution in [-0.2, 0) is 9.59 Å². The lowest BCUT2D eigenvalue weighted by atomic mass is 9.92. The zero-order chi connectivity index (χ0) is 21.2. The molecule has 1 saturated heterocycles. The predicted molar refractivity (Wildman–Crippen MR) is 120 cm³/mol. The Morgan fingerprint density at radius 1 is 0.667 bits per heavy atom. The van der Waals surface area contributed by atoms with Crippen molar-refractivity contribution in [3.05, 3.63) is 0 Å².